The van der Waals surface area contributed by atoms with Crippen LogP contribution >= 0.6 is 0 Å². The number of nitrogens with zero attached hydrogens (tertiary/aromatic N) is 1. The maximum absolute atomic E-state index is 12.4. The lowest BCUT2D eigenvalue weighted by atomic mass is 10.0. The van der Waals surface area contributed by atoms with Gasteiger partial charge in [0.15, 0.2) is 0 Å². The minimum absolute atomic E-state index is 0.127. The zero-order chi connectivity index (χ0) is 20.1. The SMILES string of the molecule is CNC(=O)C[C@@H]1CN(C(=O)NCCc2ccc(OC)c3ccccc23)C[C@H]1O. The van der Waals surface area contributed by atoms with Gasteiger partial charge in [0, 0.05) is 44.4 Å². The first-order valence-electron chi connectivity index (χ1n) is 9.49. The third-order valence-corrected chi connectivity index (χ3v) is 5.28. The van der Waals surface area contributed by atoms with Gasteiger partial charge in [0.1, 0.15) is 5.75 Å². The van der Waals surface area contributed by atoms with Crippen LogP contribution in [0.25, 0.3) is 10.8 Å². The molecule has 3 N–H and O–H groups in total. The van der Waals surface area contributed by atoms with Gasteiger partial charge in [-0.15, -0.1) is 0 Å². The Morgan fingerprint density at radius 2 is 1.93 bits per heavy atom. The van der Waals surface area contributed by atoms with Crippen molar-refractivity contribution in [3.05, 3.63) is 42.0 Å². The van der Waals surface area contributed by atoms with Crippen LogP contribution in [-0.4, -0.2) is 61.8 Å². The number of aliphatic hydroxyl groups is 1. The molecular weight excluding hydrogens is 358 g/mol. The second kappa shape index (κ2) is 8.93. The van der Waals surface area contributed by atoms with Crippen molar-refractivity contribution >= 4 is 22.7 Å². The van der Waals surface area contributed by atoms with Crippen LogP contribution in [0.1, 0.15) is 12.0 Å². The average Bonchev–Trinajstić information content (AvgIpc) is 3.08. The molecule has 150 valence electrons. The van der Waals surface area contributed by atoms with Crippen LogP contribution in [0, 0.1) is 5.92 Å². The molecule has 1 saturated heterocycles. The van der Waals surface area contributed by atoms with Gasteiger partial charge in [-0.25, -0.2) is 4.79 Å². The van der Waals surface area contributed by atoms with Gasteiger partial charge in [-0.1, -0.05) is 30.3 Å². The number of carbonyl (C=O) groups is 2. The Kier molecular flexibility index (Phi) is 6.36. The number of benzene rings is 2. The summed E-state index contributed by atoms with van der Waals surface area (Å²) in [7, 11) is 3.22. The number of hydrogen-bond acceptors (Lipinski definition) is 4. The van der Waals surface area contributed by atoms with E-state index in [9.17, 15) is 14.7 Å². The van der Waals surface area contributed by atoms with E-state index in [1.807, 2.05) is 30.3 Å². The van der Waals surface area contributed by atoms with Gasteiger partial charge in [0.05, 0.1) is 13.2 Å². The summed E-state index contributed by atoms with van der Waals surface area (Å²) in [5.41, 5.74) is 1.13. The number of hydrogen-bond donors (Lipinski definition) is 3. The lowest BCUT2D eigenvalue weighted by Crippen LogP contribution is -2.40. The predicted octanol–water partition coefficient (Wildman–Crippen LogP) is 1.53. The molecule has 1 fully saturated rings. The smallest absolute Gasteiger partial charge is 0.317 e. The van der Waals surface area contributed by atoms with E-state index < -0.39 is 6.10 Å². The van der Waals surface area contributed by atoms with Crippen molar-refractivity contribution in [2.24, 2.45) is 5.92 Å². The van der Waals surface area contributed by atoms with Gasteiger partial charge in [-0.2, -0.15) is 0 Å². The van der Waals surface area contributed by atoms with E-state index in [1.165, 1.54) is 0 Å². The highest BCUT2D eigenvalue weighted by atomic mass is 16.5. The third-order valence-electron chi connectivity index (χ3n) is 5.28. The average molecular weight is 385 g/mol. The fourth-order valence-electron chi connectivity index (χ4n) is 3.71. The summed E-state index contributed by atoms with van der Waals surface area (Å²) in [5.74, 6) is 0.477. The Balaban J connectivity index is 1.56. The molecule has 0 unspecified atom stereocenters. The standard InChI is InChI=1S/C21H27N3O4/c1-22-20(26)11-15-12-24(13-18(15)25)21(27)23-10-9-14-7-8-19(28-2)17-6-4-3-5-16(14)17/h3-8,15,18,25H,9-13H2,1-2H3,(H,22,26)(H,23,27)/t15-,18-/m1/s1. The number of ether oxygens (including phenoxy) is 1. The molecule has 7 nitrogen and oxygen atoms in total. The number of nitrogens with one attached hydrogen (secondary N) is 2. The first-order valence-corrected chi connectivity index (χ1v) is 9.49. The molecule has 2 aromatic rings. The van der Waals surface area contributed by atoms with Gasteiger partial charge in [-0.05, 0) is 23.4 Å². The number of likely N-dealkylation sites (tertiary alicyclic amines) is 1. The fourth-order valence-corrected chi connectivity index (χ4v) is 3.71. The molecule has 3 amide bonds. The highest BCUT2D eigenvalue weighted by Crippen LogP contribution is 2.28. The number of aliphatic hydroxyl groups excluding tert-OH is 1. The number of β-amino-alcohol motifs (C(OH)–C–C–N with tert-alkyl or cyclic N) is 1. The first kappa shape index (κ1) is 19.9. The summed E-state index contributed by atoms with van der Waals surface area (Å²) in [6, 6.07) is 11.8. The Labute approximate surface area is 164 Å². The van der Waals surface area contributed by atoms with Gasteiger partial charge in [-0.3, -0.25) is 4.79 Å². The molecule has 2 atom stereocenters. The maximum Gasteiger partial charge on any atom is 0.317 e. The maximum atomic E-state index is 12.4. The van der Waals surface area contributed by atoms with Crippen LogP contribution in [0.2, 0.25) is 0 Å². The number of fused-ring (bicyclic) bond motifs is 1. The molecule has 0 aromatic heterocycles. The van der Waals surface area contributed by atoms with E-state index in [4.69, 9.17) is 4.74 Å². The monoisotopic (exact) mass is 385 g/mol. The van der Waals surface area contributed by atoms with Gasteiger partial charge in [0.2, 0.25) is 5.91 Å². The second-order valence-corrected chi connectivity index (χ2v) is 7.06. The first-order chi connectivity index (χ1) is 13.5. The second-order valence-electron chi connectivity index (χ2n) is 7.06. The summed E-state index contributed by atoms with van der Waals surface area (Å²) >= 11 is 0. The molecule has 28 heavy (non-hydrogen) atoms. The lowest BCUT2D eigenvalue weighted by molar-refractivity contribution is -0.122. The summed E-state index contributed by atoms with van der Waals surface area (Å²) < 4.78 is 5.42. The van der Waals surface area contributed by atoms with Crippen molar-refractivity contribution in [2.75, 3.05) is 33.8 Å². The molecule has 1 aliphatic heterocycles. The molecule has 2 aromatic carbocycles. The summed E-state index contributed by atoms with van der Waals surface area (Å²) in [6.07, 6.45) is 0.238. The van der Waals surface area contributed by atoms with E-state index in [-0.39, 0.29) is 30.8 Å². The van der Waals surface area contributed by atoms with Crippen molar-refractivity contribution in [3.8, 4) is 5.75 Å². The zero-order valence-electron chi connectivity index (χ0n) is 16.3. The minimum Gasteiger partial charge on any atom is -0.496 e. The number of urea groups is 1. The Hall–Kier alpha value is -2.80. The van der Waals surface area contributed by atoms with Crippen LogP contribution in [-0.2, 0) is 11.2 Å². The van der Waals surface area contributed by atoms with E-state index in [0.717, 1.165) is 22.1 Å². The summed E-state index contributed by atoms with van der Waals surface area (Å²) in [4.78, 5) is 25.5. The Morgan fingerprint density at radius 3 is 2.64 bits per heavy atom. The third kappa shape index (κ3) is 4.36. The number of carbonyl (C=O) groups excluding carboxylic acids is 2. The van der Waals surface area contributed by atoms with Crippen molar-refractivity contribution in [1.29, 1.82) is 0 Å². The van der Waals surface area contributed by atoms with Crippen LogP contribution in [0.4, 0.5) is 4.79 Å². The minimum atomic E-state index is -0.673. The summed E-state index contributed by atoms with van der Waals surface area (Å²) in [5, 5.41) is 17.7. The molecule has 0 bridgehead atoms. The normalized spacial score (nSPS) is 18.9. The molecular formula is C21H27N3O4. The molecule has 0 saturated carbocycles. The van der Waals surface area contributed by atoms with Crippen LogP contribution in [0.3, 0.4) is 0 Å². The highest BCUT2D eigenvalue weighted by Gasteiger charge is 2.34. The molecule has 3 rings (SSSR count). The Bertz CT molecular complexity index is 855. The van der Waals surface area contributed by atoms with E-state index in [2.05, 4.69) is 16.7 Å². The number of rotatable bonds is 6. The zero-order valence-corrected chi connectivity index (χ0v) is 16.3. The molecule has 7 heteroatoms. The van der Waals surface area contributed by atoms with E-state index in [0.29, 0.717) is 19.5 Å². The number of methoxy groups -OCH3 is 1. The summed E-state index contributed by atoms with van der Waals surface area (Å²) in [6.45, 7) is 1.12. The van der Waals surface area contributed by atoms with Gasteiger partial charge >= 0.3 is 6.03 Å². The quantitative estimate of drug-likeness (QED) is 0.703. The van der Waals surface area contributed by atoms with E-state index >= 15 is 0 Å². The molecule has 0 radical (unpaired) electrons. The topological polar surface area (TPSA) is 90.9 Å². The Morgan fingerprint density at radius 1 is 1.18 bits per heavy atom. The van der Waals surface area contributed by atoms with Crippen molar-refractivity contribution < 1.29 is 19.4 Å². The molecule has 0 aliphatic carbocycles. The van der Waals surface area contributed by atoms with Crippen molar-refractivity contribution in [3.63, 3.8) is 0 Å². The highest BCUT2D eigenvalue weighted by molar-refractivity contribution is 5.91. The van der Waals surface area contributed by atoms with Crippen molar-refractivity contribution in [2.45, 2.75) is 18.9 Å². The van der Waals surface area contributed by atoms with Gasteiger partial charge in [0.25, 0.3) is 0 Å². The van der Waals surface area contributed by atoms with Crippen LogP contribution < -0.4 is 15.4 Å². The lowest BCUT2D eigenvalue weighted by Gasteiger charge is -2.17. The largest absolute Gasteiger partial charge is 0.496 e. The fraction of sp³-hybridized carbons (Fsp3) is 0.429. The van der Waals surface area contributed by atoms with E-state index in [1.54, 1.807) is 19.1 Å². The van der Waals surface area contributed by atoms with Gasteiger partial charge < -0.3 is 25.4 Å². The molecule has 0 spiro atoms. The number of amides is 3. The molecule has 1 heterocycles. The van der Waals surface area contributed by atoms with Crippen molar-refractivity contribution in [1.82, 2.24) is 15.5 Å². The van der Waals surface area contributed by atoms with Crippen LogP contribution in [0.5, 0.6) is 5.75 Å². The van der Waals surface area contributed by atoms with Crippen LogP contribution in [0.15, 0.2) is 36.4 Å². The predicted molar refractivity (Wildman–Crippen MR) is 107 cm³/mol. The molecule has 1 aliphatic rings.